The monoisotopic (exact) mass is 437 g/mol. The maximum absolute atomic E-state index is 2.50. The highest BCUT2D eigenvalue weighted by Gasteiger charge is 2.36. The van der Waals surface area contributed by atoms with Crippen molar-refractivity contribution in [2.75, 3.05) is 4.90 Å². The van der Waals surface area contributed by atoms with Crippen LogP contribution >= 0.6 is 0 Å². The first-order chi connectivity index (χ1) is 16.8. The first-order valence-corrected chi connectivity index (χ1v) is 12.4. The van der Waals surface area contributed by atoms with E-state index in [0.717, 1.165) is 11.8 Å². The quantitative estimate of drug-likeness (QED) is 0.271. The molecule has 34 heavy (non-hydrogen) atoms. The number of para-hydroxylation sites is 2. The molecule has 0 saturated heterocycles. The highest BCUT2D eigenvalue weighted by Crippen LogP contribution is 2.54. The van der Waals surface area contributed by atoms with Crippen molar-refractivity contribution < 1.29 is 0 Å². The van der Waals surface area contributed by atoms with E-state index in [1.54, 1.807) is 11.1 Å². The van der Waals surface area contributed by atoms with Gasteiger partial charge in [0.2, 0.25) is 0 Å². The molecule has 0 aliphatic heterocycles. The van der Waals surface area contributed by atoms with E-state index in [1.807, 2.05) is 0 Å². The summed E-state index contributed by atoms with van der Waals surface area (Å²) in [6.07, 6.45) is 4.09. The van der Waals surface area contributed by atoms with Crippen molar-refractivity contribution in [3.8, 4) is 11.1 Å². The van der Waals surface area contributed by atoms with Crippen molar-refractivity contribution in [2.24, 2.45) is 0 Å². The van der Waals surface area contributed by atoms with Gasteiger partial charge in [-0.1, -0.05) is 78.9 Å². The maximum atomic E-state index is 2.50. The highest BCUT2D eigenvalue weighted by atomic mass is 15.1. The minimum atomic E-state index is 0.763. The summed E-state index contributed by atoms with van der Waals surface area (Å²) < 4.78 is 0. The Labute approximate surface area is 201 Å². The van der Waals surface area contributed by atoms with E-state index in [1.165, 1.54) is 58.2 Å². The summed E-state index contributed by atoms with van der Waals surface area (Å²) in [6, 6.07) is 42.2. The molecule has 1 nitrogen and oxygen atoms in total. The highest BCUT2D eigenvalue weighted by molar-refractivity contribution is 6.01. The van der Waals surface area contributed by atoms with Gasteiger partial charge in [0.1, 0.15) is 0 Å². The lowest BCUT2D eigenvalue weighted by Crippen LogP contribution is -2.10. The maximum Gasteiger partial charge on any atom is 0.0474 e. The predicted octanol–water partition coefficient (Wildman–Crippen LogP) is 9.34. The zero-order valence-corrected chi connectivity index (χ0v) is 19.2. The van der Waals surface area contributed by atoms with Crippen LogP contribution in [0.25, 0.3) is 21.9 Å². The largest absolute Gasteiger partial charge is 0.310 e. The smallest absolute Gasteiger partial charge is 0.0474 e. The lowest BCUT2D eigenvalue weighted by Gasteiger charge is -2.27. The van der Waals surface area contributed by atoms with E-state index in [0.29, 0.717) is 0 Å². The van der Waals surface area contributed by atoms with Crippen LogP contribution in [0.5, 0.6) is 0 Å². The van der Waals surface area contributed by atoms with Crippen LogP contribution in [0, 0.1) is 0 Å². The molecule has 2 unspecified atom stereocenters. The van der Waals surface area contributed by atoms with Gasteiger partial charge in [-0.05, 0) is 101 Å². The third kappa shape index (κ3) is 3.15. The number of fused-ring (bicyclic) bond motifs is 6. The topological polar surface area (TPSA) is 3.24 Å². The van der Waals surface area contributed by atoms with Crippen LogP contribution in [0.3, 0.4) is 0 Å². The van der Waals surface area contributed by atoms with Crippen LogP contribution in [0.2, 0.25) is 0 Å². The Hall–Kier alpha value is -3.84. The molecule has 5 aromatic rings. The van der Waals surface area contributed by atoms with Gasteiger partial charge in [0.25, 0.3) is 0 Å². The number of benzene rings is 5. The summed E-state index contributed by atoms with van der Waals surface area (Å²) in [5, 5.41) is 2.59. The van der Waals surface area contributed by atoms with E-state index in [4.69, 9.17) is 0 Å². The molecule has 5 aromatic carbocycles. The molecule has 0 heterocycles. The Balaban J connectivity index is 1.45. The molecule has 2 aliphatic rings. The van der Waals surface area contributed by atoms with Crippen LogP contribution in [0.15, 0.2) is 115 Å². The summed E-state index contributed by atoms with van der Waals surface area (Å²) >= 11 is 0. The van der Waals surface area contributed by atoms with Gasteiger partial charge < -0.3 is 4.90 Å². The molecular formula is C33H27N. The molecule has 0 aromatic heterocycles. The van der Waals surface area contributed by atoms with Crippen molar-refractivity contribution in [3.05, 3.63) is 126 Å². The van der Waals surface area contributed by atoms with E-state index in [-0.39, 0.29) is 0 Å². The van der Waals surface area contributed by atoms with Gasteiger partial charge in [-0.15, -0.1) is 0 Å². The zero-order valence-electron chi connectivity index (χ0n) is 19.2. The van der Waals surface area contributed by atoms with Crippen molar-refractivity contribution in [1.29, 1.82) is 0 Å². The van der Waals surface area contributed by atoms with E-state index < -0.39 is 0 Å². The van der Waals surface area contributed by atoms with Crippen molar-refractivity contribution in [3.63, 3.8) is 0 Å². The first kappa shape index (κ1) is 19.6. The van der Waals surface area contributed by atoms with Crippen LogP contribution in [0.4, 0.5) is 17.1 Å². The summed E-state index contributed by atoms with van der Waals surface area (Å²) in [7, 11) is 0. The van der Waals surface area contributed by atoms with Gasteiger partial charge >= 0.3 is 0 Å². The fraction of sp³-hybridized carbons (Fsp3) is 0.152. The lowest BCUT2D eigenvalue weighted by molar-refractivity contribution is 0.718. The van der Waals surface area contributed by atoms with Gasteiger partial charge in [0.05, 0.1) is 0 Å². The molecule has 1 fully saturated rings. The fourth-order valence-electron chi connectivity index (χ4n) is 6.28. The summed E-state index contributed by atoms with van der Waals surface area (Å²) in [4.78, 5) is 2.37. The molecule has 1 saturated carbocycles. The molecule has 0 radical (unpaired) electrons. The molecule has 1 heteroatoms. The molecular weight excluding hydrogens is 410 g/mol. The third-order valence-corrected chi connectivity index (χ3v) is 7.84. The number of hydrogen-bond acceptors (Lipinski definition) is 1. The van der Waals surface area contributed by atoms with Gasteiger partial charge in [0, 0.05) is 17.1 Å². The fourth-order valence-corrected chi connectivity index (χ4v) is 6.28. The second kappa shape index (κ2) is 7.88. The van der Waals surface area contributed by atoms with E-state index in [2.05, 4.69) is 120 Å². The molecule has 0 amide bonds. The minimum Gasteiger partial charge on any atom is -0.310 e. The molecule has 2 aliphatic carbocycles. The molecule has 2 bridgehead atoms. The van der Waals surface area contributed by atoms with Crippen molar-refractivity contribution >= 4 is 27.8 Å². The first-order valence-electron chi connectivity index (χ1n) is 12.4. The van der Waals surface area contributed by atoms with E-state index >= 15 is 0 Å². The summed E-state index contributed by atoms with van der Waals surface area (Å²) in [5.41, 5.74) is 9.39. The SMILES string of the molecule is c1ccc(N(c2ccccc2)c2cc(-c3ccc4c(c3)C3CCC4C3)c3ccccc3c2)cc1. The molecule has 7 rings (SSSR count). The van der Waals surface area contributed by atoms with Crippen LogP contribution in [0.1, 0.15) is 42.2 Å². The summed E-state index contributed by atoms with van der Waals surface area (Å²) in [6.45, 7) is 0. The second-order valence-corrected chi connectivity index (χ2v) is 9.77. The average molecular weight is 438 g/mol. The Bertz CT molecular complexity index is 1450. The van der Waals surface area contributed by atoms with E-state index in [9.17, 15) is 0 Å². The molecule has 164 valence electrons. The van der Waals surface area contributed by atoms with Crippen molar-refractivity contribution in [1.82, 2.24) is 0 Å². The Morgan fingerprint density at radius 1 is 0.529 bits per heavy atom. The number of hydrogen-bond donors (Lipinski definition) is 0. The van der Waals surface area contributed by atoms with Gasteiger partial charge in [-0.2, -0.15) is 0 Å². The Kier molecular flexibility index (Phi) is 4.55. The predicted molar refractivity (Wildman–Crippen MR) is 143 cm³/mol. The molecule has 2 atom stereocenters. The normalized spacial score (nSPS) is 18.2. The molecule has 0 N–H and O–H groups in total. The Morgan fingerprint density at radius 2 is 1.18 bits per heavy atom. The lowest BCUT2D eigenvalue weighted by atomic mass is 9.88. The average Bonchev–Trinajstić information content (AvgIpc) is 3.52. The van der Waals surface area contributed by atoms with Gasteiger partial charge in [-0.3, -0.25) is 0 Å². The van der Waals surface area contributed by atoms with Crippen LogP contribution in [-0.4, -0.2) is 0 Å². The standard InChI is InChI=1S/C33H27N/c1-3-10-27(11-4-1)34(28-12-5-2-6-13-28)29-20-23-9-7-8-14-30(23)33(22-29)26-17-18-31-24-15-16-25(19-24)32(31)21-26/h1-14,17-18,20-22,24-25H,15-16,19H2. The zero-order chi connectivity index (χ0) is 22.5. The number of rotatable bonds is 4. The third-order valence-electron chi connectivity index (χ3n) is 7.84. The van der Waals surface area contributed by atoms with Gasteiger partial charge in [0.15, 0.2) is 0 Å². The van der Waals surface area contributed by atoms with Crippen LogP contribution < -0.4 is 4.90 Å². The van der Waals surface area contributed by atoms with Crippen LogP contribution in [-0.2, 0) is 0 Å². The van der Waals surface area contributed by atoms with Gasteiger partial charge in [-0.25, -0.2) is 0 Å². The number of nitrogens with zero attached hydrogens (tertiary/aromatic N) is 1. The molecule has 0 spiro atoms. The minimum absolute atomic E-state index is 0.763. The summed E-state index contributed by atoms with van der Waals surface area (Å²) in [5.74, 6) is 1.56. The Morgan fingerprint density at radius 3 is 1.91 bits per heavy atom. The second-order valence-electron chi connectivity index (χ2n) is 9.77. The van der Waals surface area contributed by atoms with Crippen molar-refractivity contribution in [2.45, 2.75) is 31.1 Å². The number of anilines is 3.